The molecule has 1 fully saturated rings. The minimum atomic E-state index is 0.108. The van der Waals surface area contributed by atoms with E-state index in [1.54, 1.807) is 0 Å². The third-order valence-corrected chi connectivity index (χ3v) is 3.59. The molecule has 0 radical (unpaired) electrons. The average Bonchev–Trinajstić information content (AvgIpc) is 2.81. The van der Waals surface area contributed by atoms with Crippen LogP contribution >= 0.6 is 15.9 Å². The van der Waals surface area contributed by atoms with Crippen LogP contribution in [-0.4, -0.2) is 17.8 Å². The van der Waals surface area contributed by atoms with Crippen molar-refractivity contribution in [1.29, 1.82) is 0 Å². The van der Waals surface area contributed by atoms with Crippen LogP contribution in [0.5, 0.6) is 0 Å². The van der Waals surface area contributed by atoms with Gasteiger partial charge < -0.3 is 5.32 Å². The molecule has 12 heavy (non-hydrogen) atoms. The highest BCUT2D eigenvalue weighted by Gasteiger charge is 2.41. The van der Waals surface area contributed by atoms with Crippen LogP contribution in [0, 0.1) is 11.3 Å². The second kappa shape index (κ2) is 3.77. The molecular formula is C9H16BrNO. The van der Waals surface area contributed by atoms with Crippen molar-refractivity contribution in [3.05, 3.63) is 0 Å². The number of rotatable bonds is 4. The first kappa shape index (κ1) is 10.0. The summed E-state index contributed by atoms with van der Waals surface area (Å²) in [7, 11) is 0. The summed E-state index contributed by atoms with van der Waals surface area (Å²) in [6, 6.07) is 0. The first-order chi connectivity index (χ1) is 5.59. The summed E-state index contributed by atoms with van der Waals surface area (Å²) in [6.07, 6.45) is 2.49. The topological polar surface area (TPSA) is 29.1 Å². The molecule has 0 atom stereocenters. The Bertz CT molecular complexity index is 175. The molecule has 1 aliphatic rings. The molecule has 0 aromatic rings. The third kappa shape index (κ3) is 2.47. The number of nitrogens with one attached hydrogen (secondary N) is 1. The molecule has 0 aromatic heterocycles. The number of hydrogen-bond acceptors (Lipinski definition) is 1. The van der Waals surface area contributed by atoms with E-state index in [0.29, 0.717) is 5.41 Å². The van der Waals surface area contributed by atoms with Crippen molar-refractivity contribution in [2.24, 2.45) is 11.3 Å². The molecular weight excluding hydrogens is 218 g/mol. The molecule has 0 unspecified atom stereocenters. The monoisotopic (exact) mass is 233 g/mol. The Balaban J connectivity index is 2.21. The summed E-state index contributed by atoms with van der Waals surface area (Å²) in [5.41, 5.74) is 0.393. The average molecular weight is 234 g/mol. The van der Waals surface area contributed by atoms with E-state index in [0.717, 1.165) is 11.9 Å². The zero-order valence-electron chi connectivity index (χ0n) is 7.69. The van der Waals surface area contributed by atoms with E-state index in [4.69, 9.17) is 0 Å². The second-order valence-electron chi connectivity index (χ2n) is 4.01. The van der Waals surface area contributed by atoms with Gasteiger partial charge in [0.15, 0.2) is 0 Å². The molecule has 1 saturated carbocycles. The molecule has 1 amide bonds. The molecule has 3 heteroatoms. The van der Waals surface area contributed by atoms with Crippen molar-refractivity contribution < 1.29 is 4.79 Å². The number of hydrogen-bond donors (Lipinski definition) is 1. The predicted octanol–water partition coefficient (Wildman–Crippen LogP) is 1.93. The van der Waals surface area contributed by atoms with Gasteiger partial charge in [0.25, 0.3) is 0 Å². The van der Waals surface area contributed by atoms with Gasteiger partial charge >= 0.3 is 0 Å². The first-order valence-electron chi connectivity index (χ1n) is 4.43. The summed E-state index contributed by atoms with van der Waals surface area (Å²) in [5.74, 6) is 0.276. The van der Waals surface area contributed by atoms with Gasteiger partial charge in [0, 0.05) is 17.8 Å². The quantitative estimate of drug-likeness (QED) is 0.740. The number of carbonyl (C=O) groups excluding carboxylic acids is 1. The van der Waals surface area contributed by atoms with Gasteiger partial charge in [-0.2, -0.15) is 0 Å². The van der Waals surface area contributed by atoms with Gasteiger partial charge in [-0.05, 0) is 18.3 Å². The van der Waals surface area contributed by atoms with Crippen LogP contribution in [0.1, 0.15) is 26.7 Å². The van der Waals surface area contributed by atoms with Crippen molar-refractivity contribution >= 4 is 21.8 Å². The van der Waals surface area contributed by atoms with E-state index < -0.39 is 0 Å². The molecule has 0 heterocycles. The minimum Gasteiger partial charge on any atom is -0.355 e. The highest BCUT2D eigenvalue weighted by molar-refractivity contribution is 9.09. The number of alkyl halides is 1. The lowest BCUT2D eigenvalue weighted by Crippen LogP contribution is -2.33. The van der Waals surface area contributed by atoms with Gasteiger partial charge in [-0.25, -0.2) is 0 Å². The highest BCUT2D eigenvalue weighted by atomic mass is 79.9. The van der Waals surface area contributed by atoms with Crippen molar-refractivity contribution in [2.75, 3.05) is 11.9 Å². The maximum atomic E-state index is 11.2. The van der Waals surface area contributed by atoms with Crippen LogP contribution in [-0.2, 0) is 4.79 Å². The van der Waals surface area contributed by atoms with E-state index in [-0.39, 0.29) is 11.8 Å². The zero-order chi connectivity index (χ0) is 9.19. The van der Waals surface area contributed by atoms with Gasteiger partial charge in [0.05, 0.1) is 0 Å². The molecule has 0 spiro atoms. The molecule has 0 saturated heterocycles. The molecule has 0 bridgehead atoms. The summed E-state index contributed by atoms with van der Waals surface area (Å²) in [6.45, 7) is 4.68. The number of amides is 1. The van der Waals surface area contributed by atoms with Crippen LogP contribution in [0.4, 0.5) is 0 Å². The lowest BCUT2D eigenvalue weighted by Gasteiger charge is -2.13. The van der Waals surface area contributed by atoms with E-state index in [1.165, 1.54) is 12.8 Å². The van der Waals surface area contributed by atoms with Crippen LogP contribution in [0.2, 0.25) is 0 Å². The lowest BCUT2D eigenvalue weighted by molar-refractivity contribution is -0.124. The zero-order valence-corrected chi connectivity index (χ0v) is 9.28. The van der Waals surface area contributed by atoms with Crippen molar-refractivity contribution in [3.63, 3.8) is 0 Å². The summed E-state index contributed by atoms with van der Waals surface area (Å²) in [5, 5.41) is 3.98. The highest BCUT2D eigenvalue weighted by Crippen LogP contribution is 2.46. The van der Waals surface area contributed by atoms with Gasteiger partial charge in [-0.15, -0.1) is 0 Å². The standard InChI is InChI=1S/C9H16BrNO/c1-7(2)8(12)11-6-9(5-10)3-4-9/h7H,3-6H2,1-2H3,(H,11,12). The second-order valence-corrected chi connectivity index (χ2v) is 4.57. The Labute approximate surface area is 82.2 Å². The first-order valence-corrected chi connectivity index (χ1v) is 5.55. The molecule has 0 aromatic carbocycles. The summed E-state index contributed by atoms with van der Waals surface area (Å²) >= 11 is 3.47. The Morgan fingerprint density at radius 2 is 2.17 bits per heavy atom. The SMILES string of the molecule is CC(C)C(=O)NCC1(CBr)CC1. The van der Waals surface area contributed by atoms with Gasteiger partial charge in [-0.1, -0.05) is 29.8 Å². The van der Waals surface area contributed by atoms with Crippen LogP contribution in [0.15, 0.2) is 0 Å². The largest absolute Gasteiger partial charge is 0.355 e. The Hall–Kier alpha value is -0.0500. The van der Waals surface area contributed by atoms with E-state index in [1.807, 2.05) is 13.8 Å². The summed E-state index contributed by atoms with van der Waals surface area (Å²) in [4.78, 5) is 11.2. The van der Waals surface area contributed by atoms with Crippen LogP contribution in [0.3, 0.4) is 0 Å². The summed E-state index contributed by atoms with van der Waals surface area (Å²) < 4.78 is 0. The van der Waals surface area contributed by atoms with E-state index >= 15 is 0 Å². The fourth-order valence-corrected chi connectivity index (χ4v) is 1.77. The molecule has 1 N–H and O–H groups in total. The fraction of sp³-hybridized carbons (Fsp3) is 0.889. The third-order valence-electron chi connectivity index (χ3n) is 2.40. The normalized spacial score (nSPS) is 19.3. The molecule has 0 aliphatic heterocycles. The lowest BCUT2D eigenvalue weighted by atomic mass is 10.1. The fourth-order valence-electron chi connectivity index (χ4n) is 1.01. The smallest absolute Gasteiger partial charge is 0.222 e. The maximum Gasteiger partial charge on any atom is 0.222 e. The van der Waals surface area contributed by atoms with Crippen LogP contribution < -0.4 is 5.32 Å². The van der Waals surface area contributed by atoms with Crippen LogP contribution in [0.25, 0.3) is 0 Å². The number of carbonyl (C=O) groups is 1. The minimum absolute atomic E-state index is 0.108. The van der Waals surface area contributed by atoms with E-state index in [9.17, 15) is 4.79 Å². The Kier molecular flexibility index (Phi) is 3.16. The molecule has 2 nitrogen and oxygen atoms in total. The number of halogens is 1. The Morgan fingerprint density at radius 3 is 2.50 bits per heavy atom. The molecule has 70 valence electrons. The van der Waals surface area contributed by atoms with Gasteiger partial charge in [0.1, 0.15) is 0 Å². The van der Waals surface area contributed by atoms with Crippen molar-refractivity contribution in [3.8, 4) is 0 Å². The molecule has 1 aliphatic carbocycles. The maximum absolute atomic E-state index is 11.2. The van der Waals surface area contributed by atoms with Crippen molar-refractivity contribution in [1.82, 2.24) is 5.32 Å². The molecule has 1 rings (SSSR count). The van der Waals surface area contributed by atoms with Gasteiger partial charge in [-0.3, -0.25) is 4.79 Å². The van der Waals surface area contributed by atoms with E-state index in [2.05, 4.69) is 21.2 Å². The van der Waals surface area contributed by atoms with Crippen molar-refractivity contribution in [2.45, 2.75) is 26.7 Å². The Morgan fingerprint density at radius 1 is 1.58 bits per heavy atom. The van der Waals surface area contributed by atoms with Gasteiger partial charge in [0.2, 0.25) is 5.91 Å². The predicted molar refractivity (Wildman–Crippen MR) is 53.3 cm³/mol.